The zero-order valence-electron chi connectivity index (χ0n) is 14.6. The average molecular weight is 343 g/mol. The molecule has 0 spiro atoms. The predicted molar refractivity (Wildman–Crippen MR) is 93.0 cm³/mol. The topological polar surface area (TPSA) is 78.4 Å². The highest BCUT2D eigenvalue weighted by atomic mass is 16.5. The molecule has 1 atom stereocenters. The van der Waals surface area contributed by atoms with Gasteiger partial charge in [0.2, 0.25) is 0 Å². The minimum absolute atomic E-state index is 0.000871. The van der Waals surface area contributed by atoms with E-state index in [4.69, 9.17) is 15.2 Å². The van der Waals surface area contributed by atoms with E-state index in [1.54, 1.807) is 7.11 Å². The first-order valence-electron chi connectivity index (χ1n) is 8.87. The normalized spacial score (nSPS) is 21.9. The van der Waals surface area contributed by atoms with Crippen LogP contribution in [0, 0.1) is 0 Å². The summed E-state index contributed by atoms with van der Waals surface area (Å²) in [6.45, 7) is 4.14. The highest BCUT2D eigenvalue weighted by molar-refractivity contribution is 5.29. The van der Waals surface area contributed by atoms with Crippen LogP contribution in [0.2, 0.25) is 0 Å². The quantitative estimate of drug-likeness (QED) is 0.906. The second-order valence-corrected chi connectivity index (χ2v) is 6.85. The van der Waals surface area contributed by atoms with Gasteiger partial charge < -0.3 is 15.2 Å². The maximum atomic E-state index is 6.09. The molecule has 1 aromatic heterocycles. The van der Waals surface area contributed by atoms with Crippen LogP contribution in [0.3, 0.4) is 0 Å². The standard InChI is InChI=1S/C18H25N5O2/c1-24-15-4-2-13(3-5-15)18-11-23-17(12-25-18)16(20-21-23)10-22-8-6-14(19)7-9-22/h2-5,14,18H,6-12,19H2,1H3/t18-/m1/s1. The number of nitrogens with zero attached hydrogens (tertiary/aromatic N) is 4. The monoisotopic (exact) mass is 343 g/mol. The molecule has 1 fully saturated rings. The predicted octanol–water partition coefficient (Wildman–Crippen LogP) is 1.48. The molecule has 0 radical (unpaired) electrons. The van der Waals surface area contributed by atoms with E-state index in [1.165, 1.54) is 0 Å². The molecule has 0 aliphatic carbocycles. The third-order valence-corrected chi connectivity index (χ3v) is 5.17. The van der Waals surface area contributed by atoms with E-state index in [1.807, 2.05) is 28.9 Å². The molecule has 2 aliphatic heterocycles. The van der Waals surface area contributed by atoms with Crippen molar-refractivity contribution in [3.05, 3.63) is 41.2 Å². The Morgan fingerprint density at radius 2 is 2.00 bits per heavy atom. The van der Waals surface area contributed by atoms with Gasteiger partial charge >= 0.3 is 0 Å². The number of piperidine rings is 1. The van der Waals surface area contributed by atoms with Gasteiger partial charge in [-0.2, -0.15) is 0 Å². The molecule has 1 saturated heterocycles. The molecule has 3 heterocycles. The van der Waals surface area contributed by atoms with E-state index in [0.29, 0.717) is 19.2 Å². The van der Waals surface area contributed by atoms with E-state index in [-0.39, 0.29) is 6.10 Å². The Labute approximate surface area is 147 Å². The van der Waals surface area contributed by atoms with Crippen LogP contribution in [0.15, 0.2) is 24.3 Å². The van der Waals surface area contributed by atoms with Crippen molar-refractivity contribution >= 4 is 0 Å². The lowest BCUT2D eigenvalue weighted by Crippen LogP contribution is -2.39. The van der Waals surface area contributed by atoms with Gasteiger partial charge in [0.15, 0.2) is 0 Å². The average Bonchev–Trinajstić information content (AvgIpc) is 3.06. The molecular formula is C18H25N5O2. The van der Waals surface area contributed by atoms with Crippen LogP contribution in [0.25, 0.3) is 0 Å². The number of methoxy groups -OCH3 is 1. The van der Waals surface area contributed by atoms with Crippen LogP contribution in [0.4, 0.5) is 0 Å². The molecule has 134 valence electrons. The summed E-state index contributed by atoms with van der Waals surface area (Å²) in [6, 6.07) is 8.36. The van der Waals surface area contributed by atoms with E-state index >= 15 is 0 Å². The van der Waals surface area contributed by atoms with Crippen LogP contribution in [0.5, 0.6) is 5.75 Å². The Hall–Kier alpha value is -1.96. The number of benzene rings is 1. The first-order valence-corrected chi connectivity index (χ1v) is 8.87. The van der Waals surface area contributed by atoms with Gasteiger partial charge in [0.1, 0.15) is 17.5 Å². The maximum absolute atomic E-state index is 6.09. The maximum Gasteiger partial charge on any atom is 0.118 e. The minimum Gasteiger partial charge on any atom is -0.497 e. The molecule has 2 aromatic rings. The number of aromatic nitrogens is 3. The van der Waals surface area contributed by atoms with Crippen LogP contribution in [-0.4, -0.2) is 46.1 Å². The summed E-state index contributed by atoms with van der Waals surface area (Å²) in [5, 5.41) is 8.76. The van der Waals surface area contributed by atoms with Crippen molar-refractivity contribution in [2.24, 2.45) is 5.73 Å². The SMILES string of the molecule is COc1ccc([C@H]2Cn3nnc(CN4CCC(N)CC4)c3CO2)cc1. The molecule has 25 heavy (non-hydrogen) atoms. The Balaban J connectivity index is 1.43. The Morgan fingerprint density at radius 3 is 2.72 bits per heavy atom. The number of hydrogen-bond acceptors (Lipinski definition) is 6. The van der Waals surface area contributed by atoms with Gasteiger partial charge in [-0.15, -0.1) is 5.10 Å². The molecule has 0 bridgehead atoms. The number of fused-ring (bicyclic) bond motifs is 1. The van der Waals surface area contributed by atoms with Crippen molar-refractivity contribution in [2.75, 3.05) is 20.2 Å². The van der Waals surface area contributed by atoms with Crippen LogP contribution in [-0.2, 0) is 24.4 Å². The van der Waals surface area contributed by atoms with Gasteiger partial charge in [-0.1, -0.05) is 17.3 Å². The van der Waals surface area contributed by atoms with Crippen molar-refractivity contribution in [1.82, 2.24) is 19.9 Å². The summed E-state index contributed by atoms with van der Waals surface area (Å²) in [5.74, 6) is 0.851. The first kappa shape index (κ1) is 16.5. The van der Waals surface area contributed by atoms with Gasteiger partial charge in [0.05, 0.1) is 26.0 Å². The lowest BCUT2D eigenvalue weighted by Gasteiger charge is -2.30. The van der Waals surface area contributed by atoms with E-state index in [0.717, 1.165) is 55.2 Å². The van der Waals surface area contributed by atoms with E-state index in [9.17, 15) is 0 Å². The zero-order valence-corrected chi connectivity index (χ0v) is 14.6. The van der Waals surface area contributed by atoms with Crippen molar-refractivity contribution in [1.29, 1.82) is 0 Å². The Kier molecular flexibility index (Phi) is 4.70. The molecule has 2 aliphatic rings. The van der Waals surface area contributed by atoms with Crippen LogP contribution < -0.4 is 10.5 Å². The minimum atomic E-state index is 0.000871. The van der Waals surface area contributed by atoms with Gasteiger partial charge in [-0.05, 0) is 30.5 Å². The fourth-order valence-electron chi connectivity index (χ4n) is 3.53. The number of likely N-dealkylation sites (tertiary alicyclic amines) is 1. The summed E-state index contributed by atoms with van der Waals surface area (Å²) < 4.78 is 13.3. The molecular weight excluding hydrogens is 318 g/mol. The molecule has 7 heteroatoms. The number of ether oxygens (including phenoxy) is 2. The van der Waals surface area contributed by atoms with Crippen LogP contribution in [0.1, 0.15) is 35.9 Å². The third-order valence-electron chi connectivity index (χ3n) is 5.17. The van der Waals surface area contributed by atoms with E-state index in [2.05, 4.69) is 15.2 Å². The summed E-state index contributed by atoms with van der Waals surface area (Å²) >= 11 is 0. The summed E-state index contributed by atoms with van der Waals surface area (Å²) in [7, 11) is 1.67. The fourth-order valence-corrected chi connectivity index (χ4v) is 3.53. The number of hydrogen-bond donors (Lipinski definition) is 1. The molecule has 2 N–H and O–H groups in total. The molecule has 4 rings (SSSR count). The second kappa shape index (κ2) is 7.11. The highest BCUT2D eigenvalue weighted by Gasteiger charge is 2.26. The van der Waals surface area contributed by atoms with E-state index < -0.39 is 0 Å². The van der Waals surface area contributed by atoms with Crippen LogP contribution >= 0.6 is 0 Å². The smallest absolute Gasteiger partial charge is 0.118 e. The first-order chi connectivity index (χ1) is 12.2. The number of rotatable bonds is 4. The van der Waals surface area contributed by atoms with Gasteiger partial charge in [0.25, 0.3) is 0 Å². The molecule has 0 amide bonds. The summed E-state index contributed by atoms with van der Waals surface area (Å²) in [5.41, 5.74) is 9.24. The Bertz CT molecular complexity index is 707. The molecule has 7 nitrogen and oxygen atoms in total. The van der Waals surface area contributed by atoms with Crippen molar-refractivity contribution in [3.63, 3.8) is 0 Å². The van der Waals surface area contributed by atoms with Gasteiger partial charge in [0, 0.05) is 25.7 Å². The largest absolute Gasteiger partial charge is 0.497 e. The van der Waals surface area contributed by atoms with Gasteiger partial charge in [-0.25, -0.2) is 4.68 Å². The highest BCUT2D eigenvalue weighted by Crippen LogP contribution is 2.28. The Morgan fingerprint density at radius 1 is 1.24 bits per heavy atom. The number of nitrogens with two attached hydrogens (primary N) is 1. The van der Waals surface area contributed by atoms with Crippen molar-refractivity contribution in [2.45, 2.75) is 44.7 Å². The van der Waals surface area contributed by atoms with Gasteiger partial charge in [-0.3, -0.25) is 4.90 Å². The summed E-state index contributed by atoms with van der Waals surface area (Å²) in [6.07, 6.45) is 2.11. The second-order valence-electron chi connectivity index (χ2n) is 6.85. The van der Waals surface area contributed by atoms with Crippen molar-refractivity contribution < 1.29 is 9.47 Å². The third kappa shape index (κ3) is 3.53. The fraction of sp³-hybridized carbons (Fsp3) is 0.556. The lowest BCUT2D eigenvalue weighted by molar-refractivity contribution is -0.00217. The van der Waals surface area contributed by atoms with Crippen molar-refractivity contribution in [3.8, 4) is 5.75 Å². The summed E-state index contributed by atoms with van der Waals surface area (Å²) in [4.78, 5) is 2.41. The zero-order chi connectivity index (χ0) is 17.2. The molecule has 0 saturated carbocycles. The lowest BCUT2D eigenvalue weighted by atomic mass is 10.1. The molecule has 0 unspecified atom stereocenters. The molecule has 1 aromatic carbocycles.